The van der Waals surface area contributed by atoms with E-state index >= 15 is 0 Å². The van der Waals surface area contributed by atoms with E-state index in [9.17, 15) is 0 Å². The number of hydrogen-bond acceptors (Lipinski definition) is 2. The van der Waals surface area contributed by atoms with Gasteiger partial charge in [-0.05, 0) is 25.7 Å². The van der Waals surface area contributed by atoms with Crippen molar-refractivity contribution in [2.45, 2.75) is 62.6 Å². The highest BCUT2D eigenvalue weighted by molar-refractivity contribution is 5.08. The van der Waals surface area contributed by atoms with Gasteiger partial charge in [0.05, 0.1) is 24.4 Å². The summed E-state index contributed by atoms with van der Waals surface area (Å²) >= 11 is 0. The zero-order valence-corrected chi connectivity index (χ0v) is 11.5. The first-order chi connectivity index (χ1) is 8.79. The molecule has 2 nitrogen and oxygen atoms in total. The summed E-state index contributed by atoms with van der Waals surface area (Å²) in [5, 5.41) is 0. The molecule has 2 rings (SSSR count). The van der Waals surface area contributed by atoms with Crippen molar-refractivity contribution in [3.63, 3.8) is 0 Å². The highest BCUT2D eigenvalue weighted by atomic mass is 16.6. The summed E-state index contributed by atoms with van der Waals surface area (Å²) in [4.78, 5) is 0. The molecule has 0 N–H and O–H groups in total. The molecule has 0 aromatic heterocycles. The van der Waals surface area contributed by atoms with Crippen molar-refractivity contribution >= 4 is 0 Å². The first-order valence-corrected chi connectivity index (χ1v) is 7.28. The zero-order chi connectivity index (χ0) is 12.9. The van der Waals surface area contributed by atoms with E-state index in [4.69, 9.17) is 9.47 Å². The maximum Gasteiger partial charge on any atom is 0.0975 e. The lowest BCUT2D eigenvalue weighted by Crippen LogP contribution is -2.61. The van der Waals surface area contributed by atoms with Crippen LogP contribution in [0.1, 0.15) is 51.4 Å². The van der Waals surface area contributed by atoms with Gasteiger partial charge in [-0.3, -0.25) is 0 Å². The smallest absolute Gasteiger partial charge is 0.0975 e. The van der Waals surface area contributed by atoms with E-state index in [0.29, 0.717) is 13.2 Å². The average Bonchev–Trinajstić information content (AvgIpc) is 2.43. The molecule has 2 aliphatic carbocycles. The maximum atomic E-state index is 6.25. The molecule has 0 radical (unpaired) electrons. The Labute approximate surface area is 111 Å². The fourth-order valence-corrected chi connectivity index (χ4v) is 3.79. The van der Waals surface area contributed by atoms with Crippen LogP contribution < -0.4 is 0 Å². The average molecular weight is 250 g/mol. The molecule has 0 aromatic carbocycles. The van der Waals surface area contributed by atoms with Crippen LogP contribution in [0.5, 0.6) is 0 Å². The van der Waals surface area contributed by atoms with Crippen LogP contribution in [-0.4, -0.2) is 24.4 Å². The highest BCUT2D eigenvalue weighted by Crippen LogP contribution is 2.51. The van der Waals surface area contributed by atoms with Crippen LogP contribution in [0.2, 0.25) is 0 Å². The van der Waals surface area contributed by atoms with E-state index in [0.717, 1.165) is 25.7 Å². The standard InChI is InChI=1S/C16H26O2/c1-3-13-17-15-9-5-7-11-16(15,18-14-4-2)12-8-6-10-15/h3-4H,1-2,5-14H2. The van der Waals surface area contributed by atoms with Gasteiger partial charge in [0.15, 0.2) is 0 Å². The lowest BCUT2D eigenvalue weighted by molar-refractivity contribution is -0.237. The lowest BCUT2D eigenvalue weighted by atomic mass is 9.63. The van der Waals surface area contributed by atoms with Crippen molar-refractivity contribution < 1.29 is 9.47 Å². The Kier molecular flexibility index (Phi) is 4.63. The molecule has 0 unspecified atom stereocenters. The maximum absolute atomic E-state index is 6.25. The Balaban J connectivity index is 2.20. The van der Waals surface area contributed by atoms with E-state index in [1.54, 1.807) is 0 Å². The molecule has 102 valence electrons. The topological polar surface area (TPSA) is 18.5 Å². The summed E-state index contributed by atoms with van der Waals surface area (Å²) in [6.07, 6.45) is 13.3. The predicted molar refractivity (Wildman–Crippen MR) is 74.7 cm³/mol. The van der Waals surface area contributed by atoms with Crippen molar-refractivity contribution in [2.75, 3.05) is 13.2 Å². The number of ether oxygens (including phenoxy) is 2. The first kappa shape index (κ1) is 13.8. The molecule has 2 saturated carbocycles. The van der Waals surface area contributed by atoms with Crippen LogP contribution in [0, 0.1) is 0 Å². The molecule has 0 amide bonds. The summed E-state index contributed by atoms with van der Waals surface area (Å²) < 4.78 is 12.5. The van der Waals surface area contributed by atoms with E-state index in [-0.39, 0.29) is 11.2 Å². The van der Waals surface area contributed by atoms with Gasteiger partial charge in [-0.1, -0.05) is 37.8 Å². The quantitative estimate of drug-likeness (QED) is 0.663. The Morgan fingerprint density at radius 2 is 1.06 bits per heavy atom. The lowest BCUT2D eigenvalue weighted by Gasteiger charge is -2.55. The normalized spacial score (nSPS) is 35.8. The molecular formula is C16H26O2. The Hall–Kier alpha value is -0.600. The molecule has 0 bridgehead atoms. The fraction of sp³-hybridized carbons (Fsp3) is 0.750. The van der Waals surface area contributed by atoms with Gasteiger partial charge in [-0.2, -0.15) is 0 Å². The zero-order valence-electron chi connectivity index (χ0n) is 11.5. The van der Waals surface area contributed by atoms with Gasteiger partial charge < -0.3 is 9.47 Å². The first-order valence-electron chi connectivity index (χ1n) is 7.28. The van der Waals surface area contributed by atoms with Crippen molar-refractivity contribution in [1.82, 2.24) is 0 Å². The van der Waals surface area contributed by atoms with Crippen molar-refractivity contribution in [3.05, 3.63) is 25.3 Å². The van der Waals surface area contributed by atoms with Gasteiger partial charge in [0.25, 0.3) is 0 Å². The second-order valence-corrected chi connectivity index (χ2v) is 5.60. The van der Waals surface area contributed by atoms with Crippen LogP contribution in [-0.2, 0) is 9.47 Å². The van der Waals surface area contributed by atoms with E-state index < -0.39 is 0 Å². The minimum Gasteiger partial charge on any atom is -0.368 e. The molecule has 2 heteroatoms. The van der Waals surface area contributed by atoms with Gasteiger partial charge in [-0.15, -0.1) is 13.2 Å². The van der Waals surface area contributed by atoms with E-state index in [1.807, 2.05) is 12.2 Å². The van der Waals surface area contributed by atoms with Crippen molar-refractivity contribution in [2.24, 2.45) is 0 Å². The van der Waals surface area contributed by atoms with Crippen LogP contribution in [0.25, 0.3) is 0 Å². The third-order valence-corrected chi connectivity index (χ3v) is 4.61. The van der Waals surface area contributed by atoms with E-state index in [1.165, 1.54) is 25.7 Å². The third-order valence-electron chi connectivity index (χ3n) is 4.61. The Morgan fingerprint density at radius 1 is 0.722 bits per heavy atom. The molecule has 0 aliphatic heterocycles. The summed E-state index contributed by atoms with van der Waals surface area (Å²) in [5.41, 5.74) is -0.137. The number of hydrogen-bond donors (Lipinski definition) is 0. The van der Waals surface area contributed by atoms with Crippen LogP contribution in [0.4, 0.5) is 0 Å². The van der Waals surface area contributed by atoms with Crippen LogP contribution in [0.3, 0.4) is 0 Å². The summed E-state index contributed by atoms with van der Waals surface area (Å²) in [6.45, 7) is 8.84. The molecule has 0 atom stereocenters. The third kappa shape index (κ3) is 2.41. The molecule has 2 fully saturated rings. The largest absolute Gasteiger partial charge is 0.368 e. The van der Waals surface area contributed by atoms with Gasteiger partial charge in [0.2, 0.25) is 0 Å². The van der Waals surface area contributed by atoms with Crippen LogP contribution >= 0.6 is 0 Å². The number of rotatable bonds is 6. The predicted octanol–water partition coefficient (Wildman–Crippen LogP) is 4.02. The summed E-state index contributed by atoms with van der Waals surface area (Å²) in [6, 6.07) is 0. The highest BCUT2D eigenvalue weighted by Gasteiger charge is 2.55. The Bertz CT molecular complexity index is 253. The minimum absolute atomic E-state index is 0.0687. The minimum atomic E-state index is -0.0687. The second kappa shape index (κ2) is 6.03. The monoisotopic (exact) mass is 250 g/mol. The van der Waals surface area contributed by atoms with Gasteiger partial charge in [0, 0.05) is 0 Å². The van der Waals surface area contributed by atoms with Crippen LogP contribution in [0.15, 0.2) is 25.3 Å². The molecule has 0 aromatic rings. The number of fused-ring (bicyclic) bond motifs is 1. The van der Waals surface area contributed by atoms with Gasteiger partial charge >= 0.3 is 0 Å². The van der Waals surface area contributed by atoms with Gasteiger partial charge in [-0.25, -0.2) is 0 Å². The molecule has 0 spiro atoms. The van der Waals surface area contributed by atoms with Crippen molar-refractivity contribution in [1.29, 1.82) is 0 Å². The molecule has 18 heavy (non-hydrogen) atoms. The summed E-state index contributed by atoms with van der Waals surface area (Å²) in [5.74, 6) is 0. The van der Waals surface area contributed by atoms with E-state index in [2.05, 4.69) is 13.2 Å². The summed E-state index contributed by atoms with van der Waals surface area (Å²) in [7, 11) is 0. The molecule has 0 saturated heterocycles. The molecular weight excluding hydrogens is 224 g/mol. The van der Waals surface area contributed by atoms with Gasteiger partial charge in [0.1, 0.15) is 0 Å². The Morgan fingerprint density at radius 3 is 1.33 bits per heavy atom. The second-order valence-electron chi connectivity index (χ2n) is 5.60. The fourth-order valence-electron chi connectivity index (χ4n) is 3.79. The molecule has 0 heterocycles. The van der Waals surface area contributed by atoms with Crippen molar-refractivity contribution in [3.8, 4) is 0 Å². The molecule has 2 aliphatic rings. The SMILES string of the molecule is C=CCOC12CCCCC1(OCC=C)CCCC2.